The van der Waals surface area contributed by atoms with Crippen LogP contribution < -0.4 is 15.9 Å². The van der Waals surface area contributed by atoms with E-state index in [0.29, 0.717) is 17.6 Å². The van der Waals surface area contributed by atoms with Crippen molar-refractivity contribution in [3.05, 3.63) is 39.4 Å². The van der Waals surface area contributed by atoms with Gasteiger partial charge in [-0.3, -0.25) is 4.79 Å². The van der Waals surface area contributed by atoms with E-state index in [1.54, 1.807) is 6.33 Å². The number of fused-ring (bicyclic) bond motifs is 3. The molecule has 0 saturated heterocycles. The van der Waals surface area contributed by atoms with Crippen LogP contribution in [0.25, 0.3) is 21.9 Å². The summed E-state index contributed by atoms with van der Waals surface area (Å²) in [7, 11) is 4.14. The molecule has 0 amide bonds. The van der Waals surface area contributed by atoms with Crippen molar-refractivity contribution in [3.8, 4) is 0 Å². The Hall–Kier alpha value is -1.86. The molecule has 6 nitrogen and oxygen atoms in total. The Kier molecular flexibility index (Phi) is 3.69. The summed E-state index contributed by atoms with van der Waals surface area (Å²) >= 11 is 3.44. The molecule has 0 bridgehead atoms. The predicted molar refractivity (Wildman–Crippen MR) is 87.5 cm³/mol. The number of benzene rings is 1. The maximum absolute atomic E-state index is 12.5. The number of rotatable bonds is 4. The van der Waals surface area contributed by atoms with Gasteiger partial charge in [-0.2, -0.15) is 0 Å². The smallest absolute Gasteiger partial charge is 0.296 e. The van der Waals surface area contributed by atoms with Gasteiger partial charge in [0.25, 0.3) is 5.56 Å². The Morgan fingerprint density at radius 3 is 3.00 bits per heavy atom. The minimum Gasteiger partial charge on any atom is -0.349 e. The topological polar surface area (TPSA) is 67.2 Å². The van der Waals surface area contributed by atoms with E-state index in [9.17, 15) is 4.79 Å². The highest BCUT2D eigenvalue weighted by Crippen LogP contribution is 2.24. The summed E-state index contributed by atoms with van der Waals surface area (Å²) in [5, 5.41) is 0.946. The van der Waals surface area contributed by atoms with Crippen LogP contribution in [-0.4, -0.2) is 41.8 Å². The van der Waals surface area contributed by atoms with Gasteiger partial charge in [0, 0.05) is 15.4 Å². The van der Waals surface area contributed by atoms with Crippen LogP contribution in [0.3, 0.4) is 0 Å². The van der Waals surface area contributed by atoms with E-state index < -0.39 is 0 Å². The second kappa shape index (κ2) is 5.50. The first-order valence-electron chi connectivity index (χ1n) is 6.78. The van der Waals surface area contributed by atoms with Crippen molar-refractivity contribution in [2.24, 2.45) is 0 Å². The average Bonchev–Trinajstić information content (AvgIpc) is 2.80. The van der Waals surface area contributed by atoms with Crippen LogP contribution in [0, 0.1) is 0 Å². The van der Waals surface area contributed by atoms with Crippen molar-refractivity contribution in [1.82, 2.24) is 14.6 Å². The molecule has 0 spiro atoms. The number of aromatic nitrogens is 3. The molecule has 0 atom stereocenters. The molecular formula is C14H17BrN5O+. The summed E-state index contributed by atoms with van der Waals surface area (Å²) in [5.74, 6) is 0. The Bertz CT molecular complexity index is 852. The zero-order valence-corrected chi connectivity index (χ0v) is 13.5. The van der Waals surface area contributed by atoms with Gasteiger partial charge in [0.1, 0.15) is 17.4 Å². The number of halogens is 1. The SMILES string of the molecule is C[NH+](C)CCNn1cnc2c([nH]c3ccc(Br)cc32)c1=O. The molecule has 0 aliphatic carbocycles. The van der Waals surface area contributed by atoms with Gasteiger partial charge in [0.15, 0.2) is 0 Å². The summed E-state index contributed by atoms with van der Waals surface area (Å²) in [6, 6.07) is 5.84. The normalized spacial score (nSPS) is 11.6. The standard InChI is InChI=1S/C14H16BrN5O/c1-19(2)6-5-17-20-8-16-12-10-7-9(15)3-4-11(10)18-13(12)14(20)21/h3-4,7-8,17-18H,5-6H2,1-2H3/p+1. The van der Waals surface area contributed by atoms with Crippen LogP contribution in [-0.2, 0) is 0 Å². The first kappa shape index (κ1) is 14.1. The molecule has 7 heteroatoms. The third kappa shape index (κ3) is 2.66. The molecule has 0 fully saturated rings. The molecule has 21 heavy (non-hydrogen) atoms. The fourth-order valence-electron chi connectivity index (χ4n) is 2.27. The van der Waals surface area contributed by atoms with Gasteiger partial charge in [0.2, 0.25) is 0 Å². The molecule has 1 aromatic carbocycles. The zero-order chi connectivity index (χ0) is 15.0. The molecule has 3 aromatic rings. The van der Waals surface area contributed by atoms with E-state index in [4.69, 9.17) is 0 Å². The lowest BCUT2D eigenvalue weighted by molar-refractivity contribution is -0.856. The first-order valence-corrected chi connectivity index (χ1v) is 7.57. The van der Waals surface area contributed by atoms with Crippen molar-refractivity contribution < 1.29 is 4.90 Å². The second-order valence-corrected chi connectivity index (χ2v) is 6.24. The molecule has 0 aliphatic rings. The fraction of sp³-hybridized carbons (Fsp3) is 0.286. The summed E-state index contributed by atoms with van der Waals surface area (Å²) in [6.45, 7) is 1.63. The molecular weight excluding hydrogens is 334 g/mol. The van der Waals surface area contributed by atoms with Gasteiger partial charge in [-0.15, -0.1) is 0 Å². The van der Waals surface area contributed by atoms with Crippen LogP contribution in [0.1, 0.15) is 0 Å². The third-order valence-corrected chi connectivity index (χ3v) is 3.87. The predicted octanol–water partition coefficient (Wildman–Crippen LogP) is 0.328. The van der Waals surface area contributed by atoms with Gasteiger partial charge >= 0.3 is 0 Å². The maximum atomic E-state index is 12.5. The lowest BCUT2D eigenvalue weighted by Crippen LogP contribution is -3.06. The number of nitrogens with one attached hydrogen (secondary N) is 3. The maximum Gasteiger partial charge on any atom is 0.296 e. The Balaban J connectivity index is 2.04. The number of aromatic amines is 1. The molecule has 2 heterocycles. The minimum atomic E-state index is -0.110. The third-order valence-electron chi connectivity index (χ3n) is 3.38. The minimum absolute atomic E-state index is 0.110. The summed E-state index contributed by atoms with van der Waals surface area (Å²) in [5.41, 5.74) is 5.11. The highest BCUT2D eigenvalue weighted by Gasteiger charge is 2.11. The molecule has 0 aliphatic heterocycles. The van der Waals surface area contributed by atoms with Crippen molar-refractivity contribution in [2.75, 3.05) is 32.6 Å². The van der Waals surface area contributed by atoms with Crippen LogP contribution in [0.2, 0.25) is 0 Å². The lowest BCUT2D eigenvalue weighted by Gasteiger charge is -2.10. The van der Waals surface area contributed by atoms with Crippen LogP contribution in [0.5, 0.6) is 0 Å². The molecule has 0 saturated carbocycles. The Morgan fingerprint density at radius 2 is 2.24 bits per heavy atom. The van der Waals surface area contributed by atoms with Crippen molar-refractivity contribution in [3.63, 3.8) is 0 Å². The van der Waals surface area contributed by atoms with E-state index in [0.717, 1.165) is 21.9 Å². The summed E-state index contributed by atoms with van der Waals surface area (Å²) in [4.78, 5) is 21.4. The lowest BCUT2D eigenvalue weighted by atomic mass is 10.2. The van der Waals surface area contributed by atoms with Gasteiger partial charge in [-0.1, -0.05) is 15.9 Å². The van der Waals surface area contributed by atoms with E-state index >= 15 is 0 Å². The van der Waals surface area contributed by atoms with Crippen LogP contribution in [0.15, 0.2) is 33.8 Å². The molecule has 0 unspecified atom stereocenters. The van der Waals surface area contributed by atoms with E-state index in [-0.39, 0.29) is 5.56 Å². The second-order valence-electron chi connectivity index (χ2n) is 5.32. The largest absolute Gasteiger partial charge is 0.349 e. The van der Waals surface area contributed by atoms with Crippen LogP contribution >= 0.6 is 15.9 Å². The Labute approximate surface area is 129 Å². The molecule has 0 radical (unpaired) electrons. The average molecular weight is 351 g/mol. The summed E-state index contributed by atoms with van der Waals surface area (Å²) in [6.07, 6.45) is 1.55. The first-order chi connectivity index (χ1) is 10.1. The van der Waals surface area contributed by atoms with Gasteiger partial charge in [-0.05, 0) is 18.2 Å². The van der Waals surface area contributed by atoms with E-state index in [1.165, 1.54) is 9.58 Å². The number of likely N-dealkylation sites (N-methyl/N-ethyl adjacent to an activating group) is 1. The van der Waals surface area contributed by atoms with Crippen molar-refractivity contribution in [1.29, 1.82) is 0 Å². The molecule has 3 N–H and O–H groups in total. The van der Waals surface area contributed by atoms with Gasteiger partial charge in [0.05, 0.1) is 27.2 Å². The molecule has 3 rings (SSSR count). The zero-order valence-electron chi connectivity index (χ0n) is 11.9. The van der Waals surface area contributed by atoms with E-state index in [2.05, 4.69) is 45.4 Å². The number of H-pyrrole nitrogens is 1. The number of hydrogen-bond acceptors (Lipinski definition) is 3. The fourth-order valence-corrected chi connectivity index (χ4v) is 2.63. The highest BCUT2D eigenvalue weighted by molar-refractivity contribution is 9.10. The summed E-state index contributed by atoms with van der Waals surface area (Å²) < 4.78 is 2.41. The van der Waals surface area contributed by atoms with Gasteiger partial charge < -0.3 is 15.3 Å². The number of quaternary nitrogens is 1. The number of hydrogen-bond donors (Lipinski definition) is 3. The van der Waals surface area contributed by atoms with Gasteiger partial charge in [-0.25, -0.2) is 9.66 Å². The van der Waals surface area contributed by atoms with E-state index in [1.807, 2.05) is 18.2 Å². The quantitative estimate of drug-likeness (QED) is 0.635. The van der Waals surface area contributed by atoms with Crippen molar-refractivity contribution >= 4 is 37.9 Å². The van der Waals surface area contributed by atoms with Crippen molar-refractivity contribution in [2.45, 2.75) is 0 Å². The Morgan fingerprint density at radius 1 is 1.43 bits per heavy atom. The highest BCUT2D eigenvalue weighted by atomic mass is 79.9. The van der Waals surface area contributed by atoms with Crippen LogP contribution in [0.4, 0.5) is 0 Å². The molecule has 2 aromatic heterocycles. The molecule has 110 valence electrons. The number of nitrogens with zero attached hydrogens (tertiary/aromatic N) is 2. The monoisotopic (exact) mass is 350 g/mol.